The molecule has 0 saturated carbocycles. The Morgan fingerprint density at radius 3 is 2.54 bits per heavy atom. The molecule has 1 amide bonds. The Labute approximate surface area is 147 Å². The van der Waals surface area contributed by atoms with Crippen LogP contribution in [0.5, 0.6) is 0 Å². The predicted molar refractivity (Wildman–Crippen MR) is 103 cm³/mol. The molecule has 0 unspecified atom stereocenters. The number of thioether (sulfide) groups is 1. The van der Waals surface area contributed by atoms with Gasteiger partial charge in [-0.25, -0.2) is 0 Å². The van der Waals surface area contributed by atoms with E-state index in [2.05, 4.69) is 54.7 Å². The molecule has 1 N–H and O–H groups in total. The minimum atomic E-state index is 0.0849. The first-order valence-corrected chi connectivity index (χ1v) is 9.14. The van der Waals surface area contributed by atoms with Crippen LogP contribution >= 0.6 is 11.8 Å². The molecular weight excluding hydrogens is 314 g/mol. The van der Waals surface area contributed by atoms with Gasteiger partial charge in [-0.05, 0) is 47.4 Å². The summed E-state index contributed by atoms with van der Waals surface area (Å²) in [5.74, 6) is 0.535. The number of carbonyl (C=O) groups is 1. The fourth-order valence-electron chi connectivity index (χ4n) is 2.68. The lowest BCUT2D eigenvalue weighted by atomic mass is 10.1. The average molecular weight is 335 g/mol. The monoisotopic (exact) mass is 335 g/mol. The first-order valence-electron chi connectivity index (χ1n) is 8.15. The van der Waals surface area contributed by atoms with E-state index in [4.69, 9.17) is 0 Å². The second-order valence-corrected chi connectivity index (χ2v) is 6.87. The molecule has 0 aliphatic heterocycles. The fraction of sp³-hybridized carbons (Fsp3) is 0.190. The van der Waals surface area contributed by atoms with E-state index in [1.165, 1.54) is 21.9 Å². The maximum Gasteiger partial charge on any atom is 0.230 e. The van der Waals surface area contributed by atoms with Crippen LogP contribution in [0, 0.1) is 6.92 Å². The van der Waals surface area contributed by atoms with E-state index in [1.807, 2.05) is 24.3 Å². The Kier molecular flexibility index (Phi) is 5.55. The molecule has 0 fully saturated rings. The largest absolute Gasteiger partial charge is 0.355 e. The summed E-state index contributed by atoms with van der Waals surface area (Å²) in [4.78, 5) is 13.2. The van der Waals surface area contributed by atoms with Crippen LogP contribution in [0.25, 0.3) is 10.8 Å². The summed E-state index contributed by atoms with van der Waals surface area (Å²) in [5.41, 5.74) is 2.57. The van der Waals surface area contributed by atoms with Crippen LogP contribution in [0.2, 0.25) is 0 Å². The van der Waals surface area contributed by atoms with E-state index >= 15 is 0 Å². The lowest BCUT2D eigenvalue weighted by Gasteiger charge is -2.08. The molecule has 0 atom stereocenters. The molecule has 0 bridgehead atoms. The maximum absolute atomic E-state index is 12.0. The van der Waals surface area contributed by atoms with Gasteiger partial charge in [0.15, 0.2) is 0 Å². The van der Waals surface area contributed by atoms with Gasteiger partial charge in [0, 0.05) is 11.4 Å². The number of hydrogen-bond acceptors (Lipinski definition) is 2. The summed E-state index contributed by atoms with van der Waals surface area (Å²) < 4.78 is 0. The molecule has 0 aromatic heterocycles. The number of benzene rings is 3. The van der Waals surface area contributed by atoms with E-state index in [0.29, 0.717) is 12.3 Å². The zero-order valence-corrected chi connectivity index (χ0v) is 14.6. The van der Waals surface area contributed by atoms with Crippen molar-refractivity contribution in [3.63, 3.8) is 0 Å². The number of hydrogen-bond donors (Lipinski definition) is 1. The minimum absolute atomic E-state index is 0.0849. The number of nitrogens with one attached hydrogen (secondary N) is 1. The average Bonchev–Trinajstić information content (AvgIpc) is 2.61. The minimum Gasteiger partial charge on any atom is -0.355 e. The van der Waals surface area contributed by atoms with Crippen LogP contribution in [-0.4, -0.2) is 18.2 Å². The van der Waals surface area contributed by atoms with Gasteiger partial charge in [-0.1, -0.05) is 54.6 Å². The van der Waals surface area contributed by atoms with Gasteiger partial charge < -0.3 is 5.32 Å². The fourth-order valence-corrected chi connectivity index (χ4v) is 3.46. The Morgan fingerprint density at radius 2 is 1.71 bits per heavy atom. The van der Waals surface area contributed by atoms with Crippen LogP contribution in [-0.2, 0) is 11.2 Å². The van der Waals surface area contributed by atoms with Crippen molar-refractivity contribution in [3.8, 4) is 0 Å². The van der Waals surface area contributed by atoms with Crippen LogP contribution < -0.4 is 5.32 Å². The van der Waals surface area contributed by atoms with Crippen molar-refractivity contribution in [2.45, 2.75) is 18.2 Å². The standard InChI is InChI=1S/C21H21NOS/c1-16-6-2-3-7-17(16)12-13-22-21(23)15-24-20-11-10-18-8-4-5-9-19(18)14-20/h2-11,14H,12-13,15H2,1H3,(H,22,23). The zero-order chi connectivity index (χ0) is 16.8. The third-order valence-corrected chi connectivity index (χ3v) is 5.06. The third kappa shape index (κ3) is 4.39. The van der Waals surface area contributed by atoms with Crippen molar-refractivity contribution < 1.29 is 4.79 Å². The van der Waals surface area contributed by atoms with Gasteiger partial charge >= 0.3 is 0 Å². The first kappa shape index (κ1) is 16.6. The summed E-state index contributed by atoms with van der Waals surface area (Å²) in [5, 5.41) is 5.44. The topological polar surface area (TPSA) is 29.1 Å². The lowest BCUT2D eigenvalue weighted by Crippen LogP contribution is -2.27. The van der Waals surface area contributed by atoms with E-state index in [0.717, 1.165) is 11.3 Å². The molecule has 0 heterocycles. The normalized spacial score (nSPS) is 10.7. The van der Waals surface area contributed by atoms with Crippen LogP contribution in [0.3, 0.4) is 0 Å². The summed E-state index contributed by atoms with van der Waals surface area (Å²) in [6.45, 7) is 2.79. The van der Waals surface area contributed by atoms with Gasteiger partial charge in [0.2, 0.25) is 5.91 Å². The van der Waals surface area contributed by atoms with Gasteiger partial charge in [0.1, 0.15) is 0 Å². The summed E-state index contributed by atoms with van der Waals surface area (Å²) in [6, 6.07) is 22.9. The Hall–Kier alpha value is -2.26. The molecule has 0 spiro atoms. The molecule has 3 aromatic rings. The quantitative estimate of drug-likeness (QED) is 0.667. The first-order chi connectivity index (χ1) is 11.7. The van der Waals surface area contributed by atoms with Crippen molar-refractivity contribution in [2.75, 3.05) is 12.3 Å². The smallest absolute Gasteiger partial charge is 0.230 e. The summed E-state index contributed by atoms with van der Waals surface area (Å²) in [6.07, 6.45) is 0.874. The Bertz CT molecular complexity index is 844. The summed E-state index contributed by atoms with van der Waals surface area (Å²) >= 11 is 1.58. The molecule has 2 nitrogen and oxygen atoms in total. The Balaban J connectivity index is 1.47. The molecule has 3 heteroatoms. The van der Waals surface area contributed by atoms with Crippen molar-refractivity contribution >= 4 is 28.4 Å². The summed E-state index contributed by atoms with van der Waals surface area (Å²) in [7, 11) is 0. The number of rotatable bonds is 6. The van der Waals surface area contributed by atoms with Crippen molar-refractivity contribution in [1.82, 2.24) is 5.32 Å². The van der Waals surface area contributed by atoms with E-state index < -0.39 is 0 Å². The highest BCUT2D eigenvalue weighted by Crippen LogP contribution is 2.23. The second kappa shape index (κ2) is 8.02. The molecule has 3 aromatic carbocycles. The van der Waals surface area contributed by atoms with Crippen molar-refractivity contribution in [1.29, 1.82) is 0 Å². The van der Waals surface area contributed by atoms with Gasteiger partial charge in [0.05, 0.1) is 5.75 Å². The molecule has 122 valence electrons. The van der Waals surface area contributed by atoms with Gasteiger partial charge in [-0.3, -0.25) is 4.79 Å². The van der Waals surface area contributed by atoms with Gasteiger partial charge in [-0.15, -0.1) is 11.8 Å². The van der Waals surface area contributed by atoms with Gasteiger partial charge in [-0.2, -0.15) is 0 Å². The highest BCUT2D eigenvalue weighted by Gasteiger charge is 2.04. The number of amides is 1. The highest BCUT2D eigenvalue weighted by molar-refractivity contribution is 8.00. The number of fused-ring (bicyclic) bond motifs is 1. The number of carbonyl (C=O) groups excluding carboxylic acids is 1. The van der Waals surface area contributed by atoms with Crippen LogP contribution in [0.15, 0.2) is 71.6 Å². The second-order valence-electron chi connectivity index (χ2n) is 5.82. The Morgan fingerprint density at radius 1 is 0.958 bits per heavy atom. The molecule has 0 saturated heterocycles. The maximum atomic E-state index is 12.0. The van der Waals surface area contributed by atoms with Crippen LogP contribution in [0.4, 0.5) is 0 Å². The molecule has 0 aliphatic carbocycles. The molecule has 0 aliphatic rings. The van der Waals surface area contributed by atoms with E-state index in [1.54, 1.807) is 11.8 Å². The third-order valence-electron chi connectivity index (χ3n) is 4.07. The molecule has 0 radical (unpaired) electrons. The van der Waals surface area contributed by atoms with E-state index in [-0.39, 0.29) is 5.91 Å². The van der Waals surface area contributed by atoms with Crippen LogP contribution in [0.1, 0.15) is 11.1 Å². The molecule has 24 heavy (non-hydrogen) atoms. The SMILES string of the molecule is Cc1ccccc1CCNC(=O)CSc1ccc2ccccc2c1. The highest BCUT2D eigenvalue weighted by atomic mass is 32.2. The van der Waals surface area contributed by atoms with Crippen molar-refractivity contribution in [2.24, 2.45) is 0 Å². The zero-order valence-electron chi connectivity index (χ0n) is 13.8. The molecular formula is C21H21NOS. The number of aryl methyl sites for hydroxylation is 1. The van der Waals surface area contributed by atoms with E-state index in [9.17, 15) is 4.79 Å². The molecule has 3 rings (SSSR count). The van der Waals surface area contributed by atoms with Gasteiger partial charge in [0.25, 0.3) is 0 Å². The van der Waals surface area contributed by atoms with Crippen molar-refractivity contribution in [3.05, 3.63) is 77.9 Å². The predicted octanol–water partition coefficient (Wildman–Crippen LogP) is 4.60. The lowest BCUT2D eigenvalue weighted by molar-refractivity contribution is -0.118.